The summed E-state index contributed by atoms with van der Waals surface area (Å²) in [4.78, 5) is 28.6. The smallest absolute Gasteiger partial charge is 0.270 e. The first-order valence-electron chi connectivity index (χ1n) is 7.35. The Hall–Kier alpha value is -1.78. The Balaban J connectivity index is 1.80. The maximum Gasteiger partial charge on any atom is 0.270 e. The lowest BCUT2D eigenvalue weighted by Gasteiger charge is -2.25. The summed E-state index contributed by atoms with van der Waals surface area (Å²) in [5.74, 6) is 0.252. The van der Waals surface area contributed by atoms with Crippen molar-refractivity contribution < 1.29 is 9.59 Å². The first-order chi connectivity index (χ1) is 9.63. The minimum absolute atomic E-state index is 0.0520. The Kier molecular flexibility index (Phi) is 3.28. The van der Waals surface area contributed by atoms with Crippen molar-refractivity contribution in [2.24, 2.45) is 7.05 Å². The van der Waals surface area contributed by atoms with Crippen molar-refractivity contribution in [3.63, 3.8) is 0 Å². The molecule has 0 N–H and O–H groups in total. The fraction of sp³-hybridized carbons (Fsp3) is 0.600. The minimum atomic E-state index is 0.0520. The molecule has 0 unspecified atom stereocenters. The van der Waals surface area contributed by atoms with Gasteiger partial charge in [-0.25, -0.2) is 0 Å². The number of rotatable bonds is 3. The molecule has 2 aliphatic heterocycles. The van der Waals surface area contributed by atoms with E-state index in [1.165, 1.54) is 0 Å². The van der Waals surface area contributed by atoms with E-state index in [2.05, 4.69) is 6.92 Å². The molecule has 0 spiro atoms. The molecule has 2 amide bonds. The highest BCUT2D eigenvalue weighted by atomic mass is 16.2. The van der Waals surface area contributed by atoms with Crippen molar-refractivity contribution in [2.75, 3.05) is 13.1 Å². The van der Waals surface area contributed by atoms with Gasteiger partial charge in [-0.2, -0.15) is 0 Å². The summed E-state index contributed by atoms with van der Waals surface area (Å²) in [5, 5.41) is 0. The van der Waals surface area contributed by atoms with Gasteiger partial charge in [-0.3, -0.25) is 9.59 Å². The second kappa shape index (κ2) is 4.96. The molecular formula is C15H21N3O2. The van der Waals surface area contributed by atoms with Crippen LogP contribution in [0.5, 0.6) is 0 Å². The molecule has 2 aliphatic rings. The SMILES string of the molecule is CCCN1C(=O)C[C@H]2[C@@H]1CCN2C(=O)c1cccn1C. The summed E-state index contributed by atoms with van der Waals surface area (Å²) in [7, 11) is 1.88. The van der Waals surface area contributed by atoms with Crippen LogP contribution in [-0.4, -0.2) is 51.4 Å². The van der Waals surface area contributed by atoms with E-state index in [4.69, 9.17) is 0 Å². The van der Waals surface area contributed by atoms with Gasteiger partial charge in [0.1, 0.15) is 5.69 Å². The fourth-order valence-electron chi connectivity index (χ4n) is 3.54. The molecule has 0 radical (unpaired) electrons. The summed E-state index contributed by atoms with van der Waals surface area (Å²) >= 11 is 0. The van der Waals surface area contributed by atoms with Crippen LogP contribution >= 0.6 is 0 Å². The number of aromatic nitrogens is 1. The average Bonchev–Trinajstić information content (AvgIpc) is 3.07. The molecule has 3 rings (SSSR count). The number of fused-ring (bicyclic) bond motifs is 1. The van der Waals surface area contributed by atoms with E-state index in [0.717, 1.165) is 25.9 Å². The van der Waals surface area contributed by atoms with Gasteiger partial charge in [-0.1, -0.05) is 6.92 Å². The molecule has 5 heteroatoms. The highest BCUT2D eigenvalue weighted by Gasteiger charge is 2.48. The summed E-state index contributed by atoms with van der Waals surface area (Å²) in [5.41, 5.74) is 0.701. The van der Waals surface area contributed by atoms with E-state index in [1.54, 1.807) is 0 Å². The van der Waals surface area contributed by atoms with Crippen LogP contribution in [0.4, 0.5) is 0 Å². The average molecular weight is 275 g/mol. The lowest BCUT2D eigenvalue weighted by Crippen LogP contribution is -2.40. The molecule has 0 bridgehead atoms. The normalized spacial score (nSPS) is 25.4. The lowest BCUT2D eigenvalue weighted by molar-refractivity contribution is -0.129. The van der Waals surface area contributed by atoms with Gasteiger partial charge in [0.05, 0.1) is 12.1 Å². The molecule has 1 aromatic rings. The molecule has 1 aromatic heterocycles. The van der Waals surface area contributed by atoms with Crippen LogP contribution in [0.25, 0.3) is 0 Å². The van der Waals surface area contributed by atoms with Crippen molar-refractivity contribution in [3.05, 3.63) is 24.0 Å². The standard InChI is InChI=1S/C15H21N3O2/c1-3-7-17-11-6-9-18(13(11)10-14(17)19)15(20)12-5-4-8-16(12)2/h4-5,8,11,13H,3,6-7,9-10H2,1-2H3/t11-,13-/m0/s1. The Morgan fingerprint density at radius 2 is 2.20 bits per heavy atom. The number of aryl methyl sites for hydroxylation is 1. The predicted octanol–water partition coefficient (Wildman–Crippen LogP) is 1.25. The molecule has 20 heavy (non-hydrogen) atoms. The first-order valence-corrected chi connectivity index (χ1v) is 7.35. The van der Waals surface area contributed by atoms with Gasteiger partial charge in [-0.15, -0.1) is 0 Å². The van der Waals surface area contributed by atoms with Crippen molar-refractivity contribution >= 4 is 11.8 Å². The van der Waals surface area contributed by atoms with Crippen molar-refractivity contribution in [2.45, 2.75) is 38.3 Å². The molecule has 2 saturated heterocycles. The highest BCUT2D eigenvalue weighted by Crippen LogP contribution is 2.33. The van der Waals surface area contributed by atoms with Crippen molar-refractivity contribution in [1.29, 1.82) is 0 Å². The van der Waals surface area contributed by atoms with Crippen LogP contribution < -0.4 is 0 Å². The Morgan fingerprint density at radius 1 is 1.40 bits per heavy atom. The van der Waals surface area contributed by atoms with Gasteiger partial charge in [0.25, 0.3) is 5.91 Å². The third kappa shape index (κ3) is 1.92. The second-order valence-corrected chi connectivity index (χ2v) is 5.72. The molecule has 2 fully saturated rings. The fourth-order valence-corrected chi connectivity index (χ4v) is 3.54. The Labute approximate surface area is 119 Å². The molecule has 3 heterocycles. The number of nitrogens with zero attached hydrogens (tertiary/aromatic N) is 3. The lowest BCUT2D eigenvalue weighted by atomic mass is 10.1. The number of hydrogen-bond acceptors (Lipinski definition) is 2. The van der Waals surface area contributed by atoms with E-state index in [0.29, 0.717) is 12.1 Å². The number of hydrogen-bond donors (Lipinski definition) is 0. The zero-order valence-corrected chi connectivity index (χ0v) is 12.1. The van der Waals surface area contributed by atoms with Crippen LogP contribution in [0, 0.1) is 0 Å². The van der Waals surface area contributed by atoms with E-state index in [1.807, 2.05) is 39.7 Å². The zero-order valence-electron chi connectivity index (χ0n) is 12.1. The van der Waals surface area contributed by atoms with Crippen molar-refractivity contribution in [1.82, 2.24) is 14.4 Å². The zero-order chi connectivity index (χ0) is 14.3. The minimum Gasteiger partial charge on any atom is -0.347 e. The first kappa shape index (κ1) is 13.2. The third-order valence-corrected chi connectivity index (χ3v) is 4.50. The van der Waals surface area contributed by atoms with E-state index >= 15 is 0 Å². The van der Waals surface area contributed by atoms with Crippen molar-refractivity contribution in [3.8, 4) is 0 Å². The molecular weight excluding hydrogens is 254 g/mol. The largest absolute Gasteiger partial charge is 0.347 e. The molecule has 0 saturated carbocycles. The topological polar surface area (TPSA) is 45.6 Å². The highest BCUT2D eigenvalue weighted by molar-refractivity contribution is 5.94. The summed E-state index contributed by atoms with van der Waals surface area (Å²) in [6.45, 7) is 3.65. The van der Waals surface area contributed by atoms with E-state index in [-0.39, 0.29) is 23.9 Å². The number of carbonyl (C=O) groups is 2. The van der Waals surface area contributed by atoms with Gasteiger partial charge >= 0.3 is 0 Å². The Bertz CT molecular complexity index is 537. The number of carbonyl (C=O) groups excluding carboxylic acids is 2. The number of likely N-dealkylation sites (tertiary alicyclic amines) is 2. The summed E-state index contributed by atoms with van der Waals surface area (Å²) < 4.78 is 1.84. The van der Waals surface area contributed by atoms with Gasteiger partial charge in [0.2, 0.25) is 5.91 Å². The number of amides is 2. The van der Waals surface area contributed by atoms with Crippen LogP contribution in [-0.2, 0) is 11.8 Å². The molecule has 0 aliphatic carbocycles. The van der Waals surface area contributed by atoms with Gasteiger partial charge < -0.3 is 14.4 Å². The van der Waals surface area contributed by atoms with E-state index < -0.39 is 0 Å². The van der Waals surface area contributed by atoms with E-state index in [9.17, 15) is 9.59 Å². The summed E-state index contributed by atoms with van der Waals surface area (Å²) in [6, 6.07) is 4.02. The van der Waals surface area contributed by atoms with Gasteiger partial charge in [0.15, 0.2) is 0 Å². The van der Waals surface area contributed by atoms with Crippen LogP contribution in [0.1, 0.15) is 36.7 Å². The van der Waals surface area contributed by atoms with Crippen LogP contribution in [0.2, 0.25) is 0 Å². The van der Waals surface area contributed by atoms with Crippen LogP contribution in [0.3, 0.4) is 0 Å². The maximum absolute atomic E-state index is 12.6. The molecule has 108 valence electrons. The molecule has 5 nitrogen and oxygen atoms in total. The Morgan fingerprint density at radius 3 is 2.85 bits per heavy atom. The monoisotopic (exact) mass is 275 g/mol. The summed E-state index contributed by atoms with van der Waals surface area (Å²) in [6.07, 6.45) is 4.25. The molecule has 0 aromatic carbocycles. The third-order valence-electron chi connectivity index (χ3n) is 4.50. The predicted molar refractivity (Wildman–Crippen MR) is 75.3 cm³/mol. The van der Waals surface area contributed by atoms with Crippen LogP contribution in [0.15, 0.2) is 18.3 Å². The maximum atomic E-state index is 12.6. The quantitative estimate of drug-likeness (QED) is 0.833. The second-order valence-electron chi connectivity index (χ2n) is 5.72. The van der Waals surface area contributed by atoms with Gasteiger partial charge in [-0.05, 0) is 25.0 Å². The van der Waals surface area contributed by atoms with Gasteiger partial charge in [0, 0.05) is 32.8 Å². The molecule has 2 atom stereocenters.